The molecular weight excluding hydrogens is 280 g/mol. The zero-order valence-electron chi connectivity index (χ0n) is 9.99. The van der Waals surface area contributed by atoms with Crippen molar-refractivity contribution >= 4 is 35.6 Å². The Morgan fingerprint density at radius 3 is 1.42 bits per heavy atom. The molecule has 0 aromatic carbocycles. The molecule has 0 fully saturated rings. The van der Waals surface area contributed by atoms with Crippen molar-refractivity contribution in [3.05, 3.63) is 0 Å². The van der Waals surface area contributed by atoms with Gasteiger partial charge in [-0.15, -0.1) is 0 Å². The lowest BCUT2D eigenvalue weighted by Gasteiger charge is -2.02. The zero-order chi connectivity index (χ0) is 14.7. The Morgan fingerprint density at radius 2 is 1.11 bits per heavy atom. The summed E-state index contributed by atoms with van der Waals surface area (Å²) in [6.07, 6.45) is -0.0813. The van der Waals surface area contributed by atoms with Crippen molar-refractivity contribution in [2.45, 2.75) is 12.8 Å². The van der Waals surface area contributed by atoms with E-state index in [9.17, 15) is 19.2 Å². The molecule has 0 spiro atoms. The quantitative estimate of drug-likeness (QED) is 0.316. The number of thioether (sulfide) groups is 1. The fourth-order valence-electron chi connectivity index (χ4n) is 0.834. The number of aliphatic hydroxyl groups excluding tert-OH is 2. The van der Waals surface area contributed by atoms with Gasteiger partial charge in [-0.25, -0.2) is 9.59 Å². The van der Waals surface area contributed by atoms with E-state index in [2.05, 4.69) is 9.47 Å². The van der Waals surface area contributed by atoms with Crippen LogP contribution in [0.15, 0.2) is 0 Å². The van der Waals surface area contributed by atoms with Crippen molar-refractivity contribution in [3.63, 3.8) is 0 Å². The Morgan fingerprint density at radius 1 is 0.737 bits per heavy atom. The van der Waals surface area contributed by atoms with Gasteiger partial charge in [0, 0.05) is 11.5 Å². The summed E-state index contributed by atoms with van der Waals surface area (Å²) < 4.78 is 8.38. The van der Waals surface area contributed by atoms with Gasteiger partial charge in [-0.05, 0) is 0 Å². The molecule has 0 aliphatic rings. The van der Waals surface area contributed by atoms with Crippen LogP contribution in [-0.2, 0) is 28.7 Å². The van der Waals surface area contributed by atoms with Gasteiger partial charge in [0.1, 0.15) is 13.2 Å². The number of ether oxygens (including phenoxy) is 2. The third kappa shape index (κ3) is 10.2. The Labute approximate surface area is 113 Å². The molecule has 0 aliphatic heterocycles. The lowest BCUT2D eigenvalue weighted by Crippen LogP contribution is -2.16. The van der Waals surface area contributed by atoms with Gasteiger partial charge < -0.3 is 19.7 Å². The summed E-state index contributed by atoms with van der Waals surface area (Å²) in [7, 11) is 0. The van der Waals surface area contributed by atoms with Crippen LogP contribution in [0.4, 0.5) is 0 Å². The highest BCUT2D eigenvalue weighted by Gasteiger charge is 2.10. The molecule has 19 heavy (non-hydrogen) atoms. The maximum atomic E-state index is 11.0. The van der Waals surface area contributed by atoms with E-state index in [1.807, 2.05) is 0 Å². The summed E-state index contributed by atoms with van der Waals surface area (Å²) in [5.41, 5.74) is 0. The van der Waals surface area contributed by atoms with E-state index in [0.717, 1.165) is 0 Å². The first-order valence-corrected chi connectivity index (χ1v) is 6.41. The molecule has 0 amide bonds. The number of carbonyl (C=O) groups is 4. The number of esters is 4. The van der Waals surface area contributed by atoms with Crippen LogP contribution in [0.3, 0.4) is 0 Å². The van der Waals surface area contributed by atoms with Crippen molar-refractivity contribution in [2.75, 3.05) is 24.7 Å². The molecular formula is C10H14O8S. The molecule has 8 nitrogen and oxygen atoms in total. The van der Waals surface area contributed by atoms with Gasteiger partial charge in [-0.1, -0.05) is 0 Å². The van der Waals surface area contributed by atoms with Gasteiger partial charge in [0.15, 0.2) is 0 Å². The molecule has 2 N–H and O–H groups in total. The number of aliphatic hydroxyl groups is 2. The van der Waals surface area contributed by atoms with Crippen molar-refractivity contribution in [3.8, 4) is 0 Å². The number of rotatable bonds is 8. The normalized spacial score (nSPS) is 9.79. The lowest BCUT2D eigenvalue weighted by molar-refractivity contribution is -0.162. The van der Waals surface area contributed by atoms with Crippen LogP contribution in [-0.4, -0.2) is 58.8 Å². The summed E-state index contributed by atoms with van der Waals surface area (Å²) in [5, 5.41) is 16.6. The van der Waals surface area contributed by atoms with Crippen LogP contribution >= 0.6 is 11.8 Å². The molecule has 0 heterocycles. The van der Waals surface area contributed by atoms with E-state index >= 15 is 0 Å². The molecule has 0 aromatic heterocycles. The molecule has 0 aromatic rings. The molecule has 0 saturated carbocycles. The van der Waals surface area contributed by atoms with Gasteiger partial charge >= 0.3 is 23.9 Å². The molecule has 9 heteroatoms. The summed E-state index contributed by atoms with van der Waals surface area (Å²) in [4.78, 5) is 43.0. The number of carbonyl (C=O) groups excluding carboxylic acids is 4. The molecule has 0 radical (unpaired) electrons. The minimum Gasteiger partial charge on any atom is -0.391 e. The second kappa shape index (κ2) is 10.5. The highest BCUT2D eigenvalue weighted by molar-refractivity contribution is 7.99. The highest BCUT2D eigenvalue weighted by atomic mass is 32.2. The minimum absolute atomic E-state index is 0.0406. The second-order valence-electron chi connectivity index (χ2n) is 3.12. The standard InChI is InChI=1S/C10H14O8S/c11-5-9(15)17-7(13)1-3-19-4-2-8(14)18-10(16)6-12/h11-12H,1-6H2. The Hall–Kier alpha value is -1.45. The third-order valence-electron chi connectivity index (χ3n) is 1.61. The average molecular weight is 294 g/mol. The zero-order valence-corrected chi connectivity index (χ0v) is 10.8. The largest absolute Gasteiger partial charge is 0.391 e. The van der Waals surface area contributed by atoms with Gasteiger partial charge in [-0.2, -0.15) is 11.8 Å². The van der Waals surface area contributed by atoms with E-state index in [-0.39, 0.29) is 12.8 Å². The second-order valence-corrected chi connectivity index (χ2v) is 4.35. The van der Waals surface area contributed by atoms with E-state index < -0.39 is 37.1 Å². The summed E-state index contributed by atoms with van der Waals surface area (Å²) in [6.45, 7) is -1.72. The average Bonchev–Trinajstić information content (AvgIpc) is 2.37. The number of hydrogen-bond acceptors (Lipinski definition) is 9. The van der Waals surface area contributed by atoms with Crippen LogP contribution in [0.5, 0.6) is 0 Å². The van der Waals surface area contributed by atoms with Gasteiger partial charge in [0.2, 0.25) is 0 Å². The molecule has 0 aliphatic carbocycles. The van der Waals surface area contributed by atoms with Crippen LogP contribution < -0.4 is 0 Å². The Balaban J connectivity index is 3.54. The monoisotopic (exact) mass is 294 g/mol. The highest BCUT2D eigenvalue weighted by Crippen LogP contribution is 2.06. The van der Waals surface area contributed by atoms with E-state index in [1.54, 1.807) is 0 Å². The SMILES string of the molecule is O=C(CO)OC(=O)CCSCCC(=O)OC(=O)CO. The summed E-state index contributed by atoms with van der Waals surface area (Å²) in [6, 6.07) is 0. The fraction of sp³-hybridized carbons (Fsp3) is 0.600. The van der Waals surface area contributed by atoms with Crippen LogP contribution in [0.2, 0.25) is 0 Å². The smallest absolute Gasteiger partial charge is 0.339 e. The predicted molar refractivity (Wildman–Crippen MR) is 62.9 cm³/mol. The van der Waals surface area contributed by atoms with Crippen molar-refractivity contribution < 1.29 is 38.9 Å². The predicted octanol–water partition coefficient (Wildman–Crippen LogP) is -1.38. The van der Waals surface area contributed by atoms with Gasteiger partial charge in [0.25, 0.3) is 0 Å². The maximum absolute atomic E-state index is 11.0. The van der Waals surface area contributed by atoms with E-state index in [1.165, 1.54) is 11.8 Å². The number of hydrogen-bond donors (Lipinski definition) is 2. The molecule has 0 saturated heterocycles. The molecule has 0 atom stereocenters. The Bertz CT molecular complexity index is 308. The topological polar surface area (TPSA) is 127 Å². The Kier molecular flexibility index (Phi) is 9.67. The van der Waals surface area contributed by atoms with E-state index in [4.69, 9.17) is 10.2 Å². The van der Waals surface area contributed by atoms with Crippen LogP contribution in [0.1, 0.15) is 12.8 Å². The summed E-state index contributed by atoms with van der Waals surface area (Å²) >= 11 is 1.23. The first-order chi connectivity index (χ1) is 8.99. The first kappa shape index (κ1) is 17.6. The minimum atomic E-state index is -1.01. The van der Waals surface area contributed by atoms with Gasteiger partial charge in [0.05, 0.1) is 12.8 Å². The maximum Gasteiger partial charge on any atom is 0.339 e. The lowest BCUT2D eigenvalue weighted by atomic mass is 10.5. The summed E-state index contributed by atoms with van der Waals surface area (Å²) in [5.74, 6) is -2.91. The van der Waals surface area contributed by atoms with Crippen LogP contribution in [0.25, 0.3) is 0 Å². The van der Waals surface area contributed by atoms with Crippen molar-refractivity contribution in [1.29, 1.82) is 0 Å². The molecule has 0 rings (SSSR count). The fourth-order valence-corrected chi connectivity index (χ4v) is 1.66. The van der Waals surface area contributed by atoms with E-state index in [0.29, 0.717) is 11.5 Å². The first-order valence-electron chi connectivity index (χ1n) is 5.26. The molecule has 0 unspecified atom stereocenters. The van der Waals surface area contributed by atoms with Gasteiger partial charge in [-0.3, -0.25) is 9.59 Å². The molecule has 0 bridgehead atoms. The van der Waals surface area contributed by atoms with Crippen LogP contribution in [0, 0.1) is 0 Å². The molecule has 108 valence electrons. The van der Waals surface area contributed by atoms with Crippen molar-refractivity contribution in [2.24, 2.45) is 0 Å². The third-order valence-corrected chi connectivity index (χ3v) is 2.60. The van der Waals surface area contributed by atoms with Crippen molar-refractivity contribution in [1.82, 2.24) is 0 Å².